The van der Waals surface area contributed by atoms with Gasteiger partial charge < -0.3 is 19.9 Å². The van der Waals surface area contributed by atoms with Gasteiger partial charge in [-0.2, -0.15) is 0 Å². The van der Waals surface area contributed by atoms with Gasteiger partial charge in [0.2, 0.25) is 0 Å². The van der Waals surface area contributed by atoms with Crippen LogP contribution in [-0.4, -0.2) is 46.2 Å². The Morgan fingerprint density at radius 1 is 0.889 bits per heavy atom. The van der Waals surface area contributed by atoms with Crippen molar-refractivity contribution in [2.75, 3.05) is 19.6 Å². The third kappa shape index (κ3) is 5.47. The molecule has 0 radical (unpaired) electrons. The molecule has 5 nitrogen and oxygen atoms in total. The van der Waals surface area contributed by atoms with Gasteiger partial charge in [0.15, 0.2) is 0 Å². The van der Waals surface area contributed by atoms with E-state index >= 15 is 0 Å². The molecule has 1 aliphatic heterocycles. The molecule has 0 bridgehead atoms. The van der Waals surface area contributed by atoms with Crippen LogP contribution in [0.5, 0.6) is 5.75 Å². The number of phenols is 1. The van der Waals surface area contributed by atoms with Crippen LogP contribution in [0, 0.1) is 6.92 Å². The average molecular weight is 482 g/mol. The molecule has 2 heterocycles. The number of carbonyl (C=O) groups is 1. The quantitative estimate of drug-likeness (QED) is 0.357. The number of benzene rings is 3. The third-order valence-corrected chi connectivity index (χ3v) is 7.48. The molecular weight excluding hydrogens is 446 g/mol. The maximum Gasteiger partial charge on any atom is 0.253 e. The minimum atomic E-state index is -0.0377. The van der Waals surface area contributed by atoms with Crippen LogP contribution in [0.3, 0.4) is 0 Å². The zero-order chi connectivity index (χ0) is 24.9. The number of likely N-dealkylation sites (tertiary alicyclic amines) is 1. The van der Waals surface area contributed by atoms with Crippen molar-refractivity contribution in [3.8, 4) is 5.75 Å². The fourth-order valence-electron chi connectivity index (χ4n) is 5.42. The molecule has 1 saturated heterocycles. The Morgan fingerprint density at radius 2 is 1.50 bits per heavy atom. The predicted octanol–water partition coefficient (Wildman–Crippen LogP) is 5.33. The first-order chi connectivity index (χ1) is 17.6. The molecule has 36 heavy (non-hydrogen) atoms. The summed E-state index contributed by atoms with van der Waals surface area (Å²) < 4.78 is 2.21. The van der Waals surface area contributed by atoms with Gasteiger partial charge >= 0.3 is 0 Å². The Morgan fingerprint density at radius 3 is 2.14 bits per heavy atom. The number of piperidine rings is 1. The lowest BCUT2D eigenvalue weighted by Gasteiger charge is -2.32. The lowest BCUT2D eigenvalue weighted by Crippen LogP contribution is -2.45. The predicted molar refractivity (Wildman–Crippen MR) is 146 cm³/mol. The zero-order valence-corrected chi connectivity index (χ0v) is 21.0. The van der Waals surface area contributed by atoms with Crippen molar-refractivity contribution < 1.29 is 9.90 Å². The summed E-state index contributed by atoms with van der Waals surface area (Å²) in [5.74, 6) is 0.146. The number of hydrogen-bond acceptors (Lipinski definition) is 3. The van der Waals surface area contributed by atoms with Crippen LogP contribution < -0.4 is 5.32 Å². The van der Waals surface area contributed by atoms with E-state index in [1.54, 1.807) is 12.1 Å². The molecule has 186 valence electrons. The van der Waals surface area contributed by atoms with E-state index in [2.05, 4.69) is 69.4 Å². The number of aryl methyl sites for hydroxylation is 2. The number of nitrogens with zero attached hydrogens (tertiary/aromatic N) is 2. The van der Waals surface area contributed by atoms with Gasteiger partial charge in [-0.1, -0.05) is 60.7 Å². The first kappa shape index (κ1) is 24.1. The molecule has 1 aromatic heterocycles. The Balaban J connectivity index is 1.25. The summed E-state index contributed by atoms with van der Waals surface area (Å²) >= 11 is 0. The van der Waals surface area contributed by atoms with E-state index in [1.807, 2.05) is 19.1 Å². The van der Waals surface area contributed by atoms with E-state index in [9.17, 15) is 9.90 Å². The summed E-state index contributed by atoms with van der Waals surface area (Å²) in [5.41, 5.74) is 5.25. The van der Waals surface area contributed by atoms with Crippen molar-refractivity contribution in [1.82, 2.24) is 14.8 Å². The van der Waals surface area contributed by atoms with Gasteiger partial charge in [-0.05, 0) is 61.9 Å². The second kappa shape index (κ2) is 11.0. The average Bonchev–Trinajstić information content (AvgIpc) is 3.18. The number of aromatic nitrogens is 1. The second-order valence-corrected chi connectivity index (χ2v) is 9.87. The van der Waals surface area contributed by atoms with E-state index in [4.69, 9.17) is 0 Å². The van der Waals surface area contributed by atoms with Gasteiger partial charge in [0.25, 0.3) is 5.91 Å². The highest BCUT2D eigenvalue weighted by molar-refractivity contribution is 6.08. The van der Waals surface area contributed by atoms with E-state index in [-0.39, 0.29) is 17.7 Å². The SMILES string of the molecule is Cc1c(C(=O)NC2CCN(CCc3ccccc3)CC2)c2cc(O)ccc2n1CCc1ccccc1. The van der Waals surface area contributed by atoms with Gasteiger partial charge in [0.05, 0.1) is 5.56 Å². The van der Waals surface area contributed by atoms with E-state index in [0.29, 0.717) is 5.56 Å². The standard InChI is InChI=1S/C31H35N3O2/c1-23-30(28-22-27(35)12-13-29(28)34(23)21-15-25-10-6-3-7-11-25)31(36)32-26-16-19-33(20-17-26)18-14-24-8-4-2-5-9-24/h2-13,22,26,35H,14-21H2,1H3,(H,32,36). The number of carbonyl (C=O) groups excluding carboxylic acids is 1. The molecule has 3 aromatic carbocycles. The highest BCUT2D eigenvalue weighted by Crippen LogP contribution is 2.30. The molecule has 2 N–H and O–H groups in total. The van der Waals surface area contributed by atoms with Crippen LogP contribution in [-0.2, 0) is 19.4 Å². The molecule has 1 amide bonds. The lowest BCUT2D eigenvalue weighted by molar-refractivity contribution is 0.0912. The van der Waals surface area contributed by atoms with Crippen LogP contribution in [0.15, 0.2) is 78.9 Å². The third-order valence-electron chi connectivity index (χ3n) is 7.48. The van der Waals surface area contributed by atoms with Gasteiger partial charge in [0, 0.05) is 48.8 Å². The van der Waals surface area contributed by atoms with Crippen molar-refractivity contribution in [1.29, 1.82) is 0 Å². The zero-order valence-electron chi connectivity index (χ0n) is 21.0. The molecule has 5 rings (SSSR count). The van der Waals surface area contributed by atoms with Crippen LogP contribution in [0.1, 0.15) is 40.0 Å². The summed E-state index contributed by atoms with van der Waals surface area (Å²) in [6, 6.07) is 26.5. The van der Waals surface area contributed by atoms with Gasteiger partial charge in [-0.15, -0.1) is 0 Å². The molecule has 1 aliphatic rings. The lowest BCUT2D eigenvalue weighted by atomic mass is 10.0. The van der Waals surface area contributed by atoms with E-state index < -0.39 is 0 Å². The first-order valence-electron chi connectivity index (χ1n) is 13.0. The summed E-state index contributed by atoms with van der Waals surface area (Å²) in [6.07, 6.45) is 3.85. The molecular formula is C31H35N3O2. The maximum absolute atomic E-state index is 13.5. The van der Waals surface area contributed by atoms with Gasteiger partial charge in [-0.3, -0.25) is 4.79 Å². The molecule has 0 atom stereocenters. The van der Waals surface area contributed by atoms with Gasteiger partial charge in [-0.25, -0.2) is 0 Å². The summed E-state index contributed by atoms with van der Waals surface area (Å²) in [6.45, 7) is 5.85. The fourth-order valence-corrected chi connectivity index (χ4v) is 5.42. The Kier molecular flexibility index (Phi) is 7.38. The number of hydrogen-bond donors (Lipinski definition) is 2. The molecule has 0 saturated carbocycles. The fraction of sp³-hybridized carbons (Fsp3) is 0.323. The highest BCUT2D eigenvalue weighted by Gasteiger charge is 2.25. The normalized spacial score (nSPS) is 14.8. The van der Waals surface area contributed by atoms with Crippen molar-refractivity contribution >= 4 is 16.8 Å². The Labute approximate surface area is 213 Å². The minimum Gasteiger partial charge on any atom is -0.508 e. The Hall–Kier alpha value is -3.57. The molecule has 0 unspecified atom stereocenters. The molecule has 4 aromatic rings. The smallest absolute Gasteiger partial charge is 0.253 e. The molecule has 5 heteroatoms. The number of amides is 1. The van der Waals surface area contributed by atoms with Crippen LogP contribution >= 0.6 is 0 Å². The van der Waals surface area contributed by atoms with Crippen LogP contribution in [0.2, 0.25) is 0 Å². The highest BCUT2D eigenvalue weighted by atomic mass is 16.3. The van der Waals surface area contributed by atoms with Crippen molar-refractivity contribution in [3.05, 3.63) is 101 Å². The number of rotatable bonds is 8. The summed E-state index contributed by atoms with van der Waals surface area (Å²) in [5, 5.41) is 14.3. The maximum atomic E-state index is 13.5. The van der Waals surface area contributed by atoms with E-state index in [1.165, 1.54) is 11.1 Å². The minimum absolute atomic E-state index is 0.0377. The summed E-state index contributed by atoms with van der Waals surface area (Å²) in [7, 11) is 0. The van der Waals surface area contributed by atoms with Crippen molar-refractivity contribution in [2.45, 2.75) is 45.2 Å². The number of aromatic hydroxyl groups is 1. The van der Waals surface area contributed by atoms with Gasteiger partial charge in [0.1, 0.15) is 5.75 Å². The van der Waals surface area contributed by atoms with Crippen molar-refractivity contribution in [3.63, 3.8) is 0 Å². The Bertz CT molecular complexity index is 1310. The first-order valence-corrected chi connectivity index (χ1v) is 13.0. The largest absolute Gasteiger partial charge is 0.508 e. The van der Waals surface area contributed by atoms with Crippen molar-refractivity contribution in [2.24, 2.45) is 0 Å². The number of phenolic OH excluding ortho intramolecular Hbond substituents is 1. The summed E-state index contributed by atoms with van der Waals surface area (Å²) in [4.78, 5) is 16.0. The molecule has 0 aliphatic carbocycles. The molecule has 1 fully saturated rings. The second-order valence-electron chi connectivity index (χ2n) is 9.87. The number of nitrogens with one attached hydrogen (secondary N) is 1. The van der Waals surface area contributed by atoms with E-state index in [0.717, 1.165) is 68.5 Å². The van der Waals surface area contributed by atoms with Crippen LogP contribution in [0.25, 0.3) is 10.9 Å². The van der Waals surface area contributed by atoms with Crippen LogP contribution in [0.4, 0.5) is 0 Å². The monoisotopic (exact) mass is 481 g/mol. The molecule has 0 spiro atoms. The topological polar surface area (TPSA) is 57.5 Å². The number of fused-ring (bicyclic) bond motifs is 1.